The standard InChI is InChI=1S/C15H22N4OS/c1-4-8-19-13(16-17-15(19)21)12-6-5-9-18(14(12)20)10-7-11(2)3/h5-6,9,11H,4,7-8,10H2,1-3H3,(H,17,21). The highest BCUT2D eigenvalue weighted by molar-refractivity contribution is 7.71. The third kappa shape index (κ3) is 3.50. The van der Waals surface area contributed by atoms with E-state index in [-0.39, 0.29) is 5.56 Å². The molecule has 2 aromatic heterocycles. The van der Waals surface area contributed by atoms with Crippen LogP contribution in [-0.2, 0) is 13.1 Å². The van der Waals surface area contributed by atoms with E-state index in [0.717, 1.165) is 25.9 Å². The molecule has 114 valence electrons. The Labute approximate surface area is 129 Å². The second-order valence-electron chi connectivity index (χ2n) is 5.61. The Hall–Kier alpha value is -1.69. The monoisotopic (exact) mass is 306 g/mol. The molecule has 21 heavy (non-hydrogen) atoms. The van der Waals surface area contributed by atoms with Crippen molar-refractivity contribution in [3.8, 4) is 11.4 Å². The third-order valence-electron chi connectivity index (χ3n) is 3.41. The Morgan fingerprint density at radius 3 is 2.81 bits per heavy atom. The summed E-state index contributed by atoms with van der Waals surface area (Å²) in [5.74, 6) is 1.20. The molecule has 0 aromatic carbocycles. The van der Waals surface area contributed by atoms with Crippen LogP contribution >= 0.6 is 12.2 Å². The Morgan fingerprint density at radius 1 is 1.38 bits per heavy atom. The Bertz CT molecular complexity index is 711. The van der Waals surface area contributed by atoms with Crippen molar-refractivity contribution < 1.29 is 0 Å². The molecule has 2 heterocycles. The van der Waals surface area contributed by atoms with Crippen LogP contribution < -0.4 is 5.56 Å². The molecule has 0 aliphatic carbocycles. The summed E-state index contributed by atoms with van der Waals surface area (Å²) in [4.78, 5) is 12.6. The molecular weight excluding hydrogens is 284 g/mol. The maximum Gasteiger partial charge on any atom is 0.261 e. The fourth-order valence-electron chi connectivity index (χ4n) is 2.23. The minimum Gasteiger partial charge on any atom is -0.315 e. The lowest BCUT2D eigenvalue weighted by atomic mass is 10.1. The molecule has 2 rings (SSSR count). The van der Waals surface area contributed by atoms with Gasteiger partial charge in [0.05, 0.1) is 5.56 Å². The molecule has 0 radical (unpaired) electrons. The normalized spacial score (nSPS) is 11.2. The van der Waals surface area contributed by atoms with Crippen LogP contribution in [0.4, 0.5) is 0 Å². The van der Waals surface area contributed by atoms with Gasteiger partial charge in [0.1, 0.15) is 0 Å². The number of aromatic amines is 1. The molecule has 0 aliphatic rings. The van der Waals surface area contributed by atoms with Gasteiger partial charge in [-0.15, -0.1) is 0 Å². The van der Waals surface area contributed by atoms with Crippen molar-refractivity contribution in [2.75, 3.05) is 0 Å². The lowest BCUT2D eigenvalue weighted by Crippen LogP contribution is -2.22. The predicted octanol–water partition coefficient (Wildman–Crippen LogP) is 3.23. The van der Waals surface area contributed by atoms with Crippen molar-refractivity contribution >= 4 is 12.2 Å². The van der Waals surface area contributed by atoms with Crippen molar-refractivity contribution in [2.45, 2.75) is 46.7 Å². The van der Waals surface area contributed by atoms with Gasteiger partial charge in [-0.25, -0.2) is 0 Å². The summed E-state index contributed by atoms with van der Waals surface area (Å²) in [5.41, 5.74) is 0.589. The fraction of sp³-hybridized carbons (Fsp3) is 0.533. The Balaban J connectivity index is 2.43. The molecule has 0 unspecified atom stereocenters. The molecule has 0 bridgehead atoms. The van der Waals surface area contributed by atoms with Gasteiger partial charge in [0, 0.05) is 19.3 Å². The van der Waals surface area contributed by atoms with E-state index in [0.29, 0.717) is 22.1 Å². The van der Waals surface area contributed by atoms with Crippen LogP contribution in [0.15, 0.2) is 23.1 Å². The number of hydrogen-bond donors (Lipinski definition) is 1. The average Bonchev–Trinajstić information content (AvgIpc) is 2.80. The molecule has 0 aliphatic heterocycles. The molecule has 5 nitrogen and oxygen atoms in total. The minimum absolute atomic E-state index is 0.00972. The Morgan fingerprint density at radius 2 is 2.14 bits per heavy atom. The fourth-order valence-corrected chi connectivity index (χ4v) is 2.46. The number of rotatable bonds is 6. The lowest BCUT2D eigenvalue weighted by Gasteiger charge is -2.10. The van der Waals surface area contributed by atoms with E-state index >= 15 is 0 Å². The first-order valence-corrected chi connectivity index (χ1v) is 7.80. The van der Waals surface area contributed by atoms with E-state index in [2.05, 4.69) is 31.0 Å². The maximum atomic E-state index is 12.6. The zero-order valence-electron chi connectivity index (χ0n) is 12.8. The number of nitrogens with zero attached hydrogens (tertiary/aromatic N) is 3. The van der Waals surface area contributed by atoms with Gasteiger partial charge >= 0.3 is 0 Å². The quantitative estimate of drug-likeness (QED) is 0.834. The van der Waals surface area contributed by atoms with E-state index in [9.17, 15) is 4.79 Å². The molecule has 6 heteroatoms. The second-order valence-corrected chi connectivity index (χ2v) is 5.99. The summed E-state index contributed by atoms with van der Waals surface area (Å²) >= 11 is 5.24. The molecule has 0 saturated heterocycles. The van der Waals surface area contributed by atoms with Crippen molar-refractivity contribution in [1.82, 2.24) is 19.3 Å². The molecule has 1 N–H and O–H groups in total. The molecule has 0 saturated carbocycles. The zero-order valence-corrected chi connectivity index (χ0v) is 13.6. The van der Waals surface area contributed by atoms with Crippen molar-refractivity contribution in [1.29, 1.82) is 0 Å². The van der Waals surface area contributed by atoms with Gasteiger partial charge in [-0.2, -0.15) is 5.10 Å². The van der Waals surface area contributed by atoms with E-state index in [4.69, 9.17) is 12.2 Å². The van der Waals surface area contributed by atoms with Crippen LogP contribution in [0.25, 0.3) is 11.4 Å². The van der Waals surface area contributed by atoms with E-state index in [1.54, 1.807) is 4.57 Å². The second kappa shape index (κ2) is 6.85. The average molecular weight is 306 g/mol. The highest BCUT2D eigenvalue weighted by Crippen LogP contribution is 2.13. The molecule has 0 fully saturated rings. The van der Waals surface area contributed by atoms with E-state index < -0.39 is 0 Å². The lowest BCUT2D eigenvalue weighted by molar-refractivity contribution is 0.508. The van der Waals surface area contributed by atoms with Gasteiger partial charge in [-0.3, -0.25) is 9.89 Å². The van der Waals surface area contributed by atoms with E-state index in [1.165, 1.54) is 0 Å². The molecule has 0 atom stereocenters. The number of hydrogen-bond acceptors (Lipinski definition) is 3. The summed E-state index contributed by atoms with van der Waals surface area (Å²) in [6, 6.07) is 3.70. The summed E-state index contributed by atoms with van der Waals surface area (Å²) in [5, 5.41) is 7.02. The van der Waals surface area contributed by atoms with Crippen LogP contribution in [0.1, 0.15) is 33.6 Å². The summed E-state index contributed by atoms with van der Waals surface area (Å²) < 4.78 is 4.20. The van der Waals surface area contributed by atoms with E-state index in [1.807, 2.05) is 22.9 Å². The number of pyridine rings is 1. The highest BCUT2D eigenvalue weighted by atomic mass is 32.1. The first-order valence-electron chi connectivity index (χ1n) is 7.39. The van der Waals surface area contributed by atoms with Crippen molar-refractivity contribution in [3.05, 3.63) is 33.5 Å². The predicted molar refractivity (Wildman–Crippen MR) is 86.9 cm³/mol. The van der Waals surface area contributed by atoms with Crippen LogP contribution in [-0.4, -0.2) is 19.3 Å². The third-order valence-corrected chi connectivity index (χ3v) is 3.73. The summed E-state index contributed by atoms with van der Waals surface area (Å²) in [6.45, 7) is 7.86. The van der Waals surface area contributed by atoms with Gasteiger partial charge in [0.2, 0.25) is 0 Å². The molecule has 2 aromatic rings. The van der Waals surface area contributed by atoms with Gasteiger partial charge in [0.25, 0.3) is 5.56 Å². The van der Waals surface area contributed by atoms with Crippen LogP contribution in [0.5, 0.6) is 0 Å². The first-order chi connectivity index (χ1) is 10.0. The minimum atomic E-state index is -0.00972. The van der Waals surface area contributed by atoms with Crippen LogP contribution in [0, 0.1) is 10.7 Å². The van der Waals surface area contributed by atoms with Gasteiger partial charge < -0.3 is 9.13 Å². The molecule has 0 spiro atoms. The maximum absolute atomic E-state index is 12.6. The van der Waals surface area contributed by atoms with Gasteiger partial charge in [0.15, 0.2) is 10.6 Å². The van der Waals surface area contributed by atoms with Crippen LogP contribution in [0.3, 0.4) is 0 Å². The summed E-state index contributed by atoms with van der Waals surface area (Å²) in [7, 11) is 0. The number of nitrogens with one attached hydrogen (secondary N) is 1. The summed E-state index contributed by atoms with van der Waals surface area (Å²) in [6.07, 6.45) is 3.75. The largest absolute Gasteiger partial charge is 0.315 e. The van der Waals surface area contributed by atoms with Crippen LogP contribution in [0.2, 0.25) is 0 Å². The SMILES string of the molecule is CCCn1c(-c2cccn(CCC(C)C)c2=O)n[nH]c1=S. The van der Waals surface area contributed by atoms with Gasteiger partial charge in [-0.1, -0.05) is 20.8 Å². The zero-order chi connectivity index (χ0) is 15.4. The van der Waals surface area contributed by atoms with Gasteiger partial charge in [-0.05, 0) is 43.1 Å². The number of H-pyrrole nitrogens is 1. The smallest absolute Gasteiger partial charge is 0.261 e. The number of aromatic nitrogens is 4. The molecule has 0 amide bonds. The first kappa shape index (κ1) is 15.7. The topological polar surface area (TPSA) is 55.6 Å². The number of aryl methyl sites for hydroxylation is 1. The molecular formula is C15H22N4OS. The van der Waals surface area contributed by atoms with Crippen molar-refractivity contribution in [3.63, 3.8) is 0 Å². The Kier molecular flexibility index (Phi) is 5.12. The van der Waals surface area contributed by atoms with Crippen molar-refractivity contribution in [2.24, 2.45) is 5.92 Å². The highest BCUT2D eigenvalue weighted by Gasteiger charge is 2.13.